The largest absolute Gasteiger partial charge is 0.377 e. The Morgan fingerprint density at radius 2 is 2.36 bits per heavy atom. The molecule has 1 aliphatic rings. The number of ether oxygens (including phenoxy) is 1. The molecule has 1 heterocycles. The van der Waals surface area contributed by atoms with Crippen LogP contribution in [0.1, 0.15) is 13.3 Å². The van der Waals surface area contributed by atoms with Crippen molar-refractivity contribution in [2.24, 2.45) is 0 Å². The van der Waals surface area contributed by atoms with E-state index < -0.39 is 0 Å². The minimum atomic E-state index is 0.403. The predicted molar refractivity (Wildman–Crippen MR) is 50.3 cm³/mol. The average molecular weight is 175 g/mol. The molecule has 0 aliphatic carbocycles. The summed E-state index contributed by atoms with van der Waals surface area (Å²) in [7, 11) is 2.14. The maximum absolute atomic E-state index is 5.47. The first kappa shape index (κ1) is 9.36. The molecule has 11 heavy (non-hydrogen) atoms. The van der Waals surface area contributed by atoms with Gasteiger partial charge < -0.3 is 4.74 Å². The smallest absolute Gasteiger partial charge is 0.0702 e. The first-order valence-corrected chi connectivity index (χ1v) is 4.81. The van der Waals surface area contributed by atoms with Gasteiger partial charge in [-0.2, -0.15) is 12.6 Å². The molecule has 1 fully saturated rings. The second kappa shape index (κ2) is 4.33. The molecule has 0 spiro atoms. The van der Waals surface area contributed by atoms with Crippen molar-refractivity contribution < 1.29 is 4.74 Å². The van der Waals surface area contributed by atoms with E-state index in [2.05, 4.69) is 31.5 Å². The Morgan fingerprint density at radius 3 is 2.82 bits per heavy atom. The van der Waals surface area contributed by atoms with Crippen LogP contribution < -0.4 is 0 Å². The minimum Gasteiger partial charge on any atom is -0.377 e. The highest BCUT2D eigenvalue weighted by molar-refractivity contribution is 7.80. The fraction of sp³-hybridized carbons (Fsp3) is 1.00. The van der Waals surface area contributed by atoms with Gasteiger partial charge in [0.25, 0.3) is 0 Å². The molecule has 1 rings (SSSR count). The van der Waals surface area contributed by atoms with Crippen LogP contribution in [-0.2, 0) is 4.74 Å². The Labute approximate surface area is 74.3 Å². The first-order chi connectivity index (χ1) is 5.25. The number of rotatable bonds is 3. The molecule has 0 amide bonds. The summed E-state index contributed by atoms with van der Waals surface area (Å²) >= 11 is 4.20. The van der Waals surface area contributed by atoms with Gasteiger partial charge in [0.05, 0.1) is 6.10 Å². The fourth-order valence-electron chi connectivity index (χ4n) is 1.62. The average Bonchev–Trinajstić information content (AvgIpc) is 2.36. The van der Waals surface area contributed by atoms with E-state index in [-0.39, 0.29) is 0 Å². The Kier molecular flexibility index (Phi) is 3.69. The maximum Gasteiger partial charge on any atom is 0.0702 e. The zero-order valence-corrected chi connectivity index (χ0v) is 8.18. The number of thiol groups is 1. The number of hydrogen-bond donors (Lipinski definition) is 1. The van der Waals surface area contributed by atoms with E-state index in [1.807, 2.05) is 0 Å². The van der Waals surface area contributed by atoms with Gasteiger partial charge >= 0.3 is 0 Å². The van der Waals surface area contributed by atoms with E-state index in [9.17, 15) is 0 Å². The van der Waals surface area contributed by atoms with Crippen LogP contribution in [-0.4, -0.2) is 43.0 Å². The van der Waals surface area contributed by atoms with Gasteiger partial charge in [0, 0.05) is 24.9 Å². The van der Waals surface area contributed by atoms with Crippen molar-refractivity contribution in [3.05, 3.63) is 0 Å². The van der Waals surface area contributed by atoms with Crippen molar-refractivity contribution in [2.75, 3.05) is 26.0 Å². The normalized spacial score (nSPS) is 31.6. The van der Waals surface area contributed by atoms with Crippen molar-refractivity contribution in [3.63, 3.8) is 0 Å². The lowest BCUT2D eigenvalue weighted by Gasteiger charge is -2.25. The topological polar surface area (TPSA) is 12.5 Å². The summed E-state index contributed by atoms with van der Waals surface area (Å²) in [5.74, 6) is 0.930. The second-order valence-electron chi connectivity index (χ2n) is 3.14. The lowest BCUT2D eigenvalue weighted by Crippen LogP contribution is -2.37. The summed E-state index contributed by atoms with van der Waals surface area (Å²) < 4.78 is 5.47. The molecule has 0 saturated carbocycles. The highest BCUT2D eigenvalue weighted by Crippen LogP contribution is 2.17. The van der Waals surface area contributed by atoms with E-state index >= 15 is 0 Å². The maximum atomic E-state index is 5.47. The van der Waals surface area contributed by atoms with Crippen LogP contribution in [0.5, 0.6) is 0 Å². The summed E-state index contributed by atoms with van der Waals surface area (Å²) in [4.78, 5) is 2.34. The standard InChI is InChI=1S/C8H17NOS/c1-7-8(3-5-10-7)9(2)4-6-11/h7-8,11H,3-6H2,1-2H3. The molecule has 1 saturated heterocycles. The van der Waals surface area contributed by atoms with Gasteiger partial charge in [-0.3, -0.25) is 4.90 Å². The van der Waals surface area contributed by atoms with Crippen LogP contribution in [0.2, 0.25) is 0 Å². The van der Waals surface area contributed by atoms with Gasteiger partial charge in [-0.25, -0.2) is 0 Å². The molecular weight excluding hydrogens is 158 g/mol. The Balaban J connectivity index is 2.33. The molecule has 0 N–H and O–H groups in total. The summed E-state index contributed by atoms with van der Waals surface area (Å²) in [5, 5.41) is 0. The SMILES string of the molecule is CC1OCCC1N(C)CCS. The molecule has 0 radical (unpaired) electrons. The number of nitrogens with zero attached hydrogens (tertiary/aromatic N) is 1. The second-order valence-corrected chi connectivity index (χ2v) is 3.58. The van der Waals surface area contributed by atoms with E-state index in [1.54, 1.807) is 0 Å². The van der Waals surface area contributed by atoms with Crippen LogP contribution in [0.15, 0.2) is 0 Å². The molecule has 0 bridgehead atoms. The van der Waals surface area contributed by atoms with E-state index in [4.69, 9.17) is 4.74 Å². The van der Waals surface area contributed by atoms with Crippen molar-refractivity contribution in [1.82, 2.24) is 4.90 Å². The van der Waals surface area contributed by atoms with Crippen molar-refractivity contribution >= 4 is 12.6 Å². The van der Waals surface area contributed by atoms with Gasteiger partial charge in [0.1, 0.15) is 0 Å². The van der Waals surface area contributed by atoms with Crippen molar-refractivity contribution in [1.29, 1.82) is 0 Å². The van der Waals surface area contributed by atoms with Gasteiger partial charge in [-0.1, -0.05) is 0 Å². The van der Waals surface area contributed by atoms with Crippen molar-refractivity contribution in [3.8, 4) is 0 Å². The lowest BCUT2D eigenvalue weighted by molar-refractivity contribution is 0.0858. The zero-order chi connectivity index (χ0) is 8.27. The molecule has 66 valence electrons. The molecule has 2 nitrogen and oxygen atoms in total. The Hall–Kier alpha value is 0.270. The Bertz CT molecular complexity index is 121. The van der Waals surface area contributed by atoms with Gasteiger partial charge in [0.2, 0.25) is 0 Å². The fourth-order valence-corrected chi connectivity index (χ4v) is 1.94. The number of likely N-dealkylation sites (N-methyl/N-ethyl adjacent to an activating group) is 1. The van der Waals surface area contributed by atoms with Crippen molar-refractivity contribution in [2.45, 2.75) is 25.5 Å². The predicted octanol–water partition coefficient (Wildman–Crippen LogP) is 1.03. The number of hydrogen-bond acceptors (Lipinski definition) is 3. The third kappa shape index (κ3) is 2.36. The van der Waals surface area contributed by atoms with E-state index in [1.165, 1.54) is 6.42 Å². The molecule has 0 aromatic carbocycles. The van der Waals surface area contributed by atoms with Gasteiger partial charge in [-0.15, -0.1) is 0 Å². The lowest BCUT2D eigenvalue weighted by atomic mass is 10.1. The Morgan fingerprint density at radius 1 is 1.64 bits per heavy atom. The molecule has 1 aliphatic heterocycles. The molecule has 2 atom stereocenters. The van der Waals surface area contributed by atoms with Crippen LogP contribution in [0.25, 0.3) is 0 Å². The third-order valence-corrected chi connectivity index (χ3v) is 2.56. The summed E-state index contributed by atoms with van der Waals surface area (Å²) in [5.41, 5.74) is 0. The minimum absolute atomic E-state index is 0.403. The quantitative estimate of drug-likeness (QED) is 0.643. The highest BCUT2D eigenvalue weighted by atomic mass is 32.1. The van der Waals surface area contributed by atoms with Gasteiger partial charge in [0.15, 0.2) is 0 Å². The molecule has 3 heteroatoms. The van der Waals surface area contributed by atoms with E-state index in [0.717, 1.165) is 18.9 Å². The highest BCUT2D eigenvalue weighted by Gasteiger charge is 2.26. The van der Waals surface area contributed by atoms with Crippen LogP contribution >= 0.6 is 12.6 Å². The van der Waals surface area contributed by atoms with Crippen LogP contribution in [0.3, 0.4) is 0 Å². The van der Waals surface area contributed by atoms with E-state index in [0.29, 0.717) is 12.1 Å². The van der Waals surface area contributed by atoms with Crippen LogP contribution in [0.4, 0.5) is 0 Å². The summed E-state index contributed by atoms with van der Waals surface area (Å²) in [6, 6.07) is 0.613. The summed E-state index contributed by atoms with van der Waals surface area (Å²) in [6.07, 6.45) is 1.57. The van der Waals surface area contributed by atoms with Crippen LogP contribution in [0, 0.1) is 0 Å². The van der Waals surface area contributed by atoms with Gasteiger partial charge in [-0.05, 0) is 20.4 Å². The molecular formula is C8H17NOS. The monoisotopic (exact) mass is 175 g/mol. The molecule has 2 unspecified atom stereocenters. The molecule has 0 aromatic heterocycles. The summed E-state index contributed by atoms with van der Waals surface area (Å²) in [6.45, 7) is 4.12. The molecule has 0 aromatic rings. The first-order valence-electron chi connectivity index (χ1n) is 4.18. The third-order valence-electron chi connectivity index (χ3n) is 2.36. The zero-order valence-electron chi connectivity index (χ0n) is 7.29.